The molecule has 0 radical (unpaired) electrons. The number of ether oxygens (including phenoxy) is 3. The Morgan fingerprint density at radius 3 is 2.77 bits per heavy atom. The van der Waals surface area contributed by atoms with E-state index in [9.17, 15) is 0 Å². The highest BCUT2D eigenvalue weighted by Gasteiger charge is 2.14. The van der Waals surface area contributed by atoms with Gasteiger partial charge in [-0.2, -0.15) is 0 Å². The first-order valence-electron chi connectivity index (χ1n) is 4.90. The van der Waals surface area contributed by atoms with Crippen molar-refractivity contribution in [3.05, 3.63) is 0 Å². The van der Waals surface area contributed by atoms with Gasteiger partial charge in [0.05, 0.1) is 32.5 Å². The van der Waals surface area contributed by atoms with Crippen LogP contribution in [0.3, 0.4) is 0 Å². The second kappa shape index (κ2) is 7.26. The van der Waals surface area contributed by atoms with Crippen molar-refractivity contribution in [1.29, 1.82) is 0 Å². The van der Waals surface area contributed by atoms with Gasteiger partial charge in [-0.15, -0.1) is 0 Å². The minimum absolute atomic E-state index is 0.314. The lowest BCUT2D eigenvalue weighted by Crippen LogP contribution is -2.17. The standard InChI is InChI=1S/C9H19NO3/c10-3-5-11-6-7-12-8-9-2-1-4-13-9/h9H,1-8,10H2. The molecule has 1 fully saturated rings. The Labute approximate surface area is 79.3 Å². The molecule has 1 heterocycles. The Morgan fingerprint density at radius 2 is 2.08 bits per heavy atom. The first-order valence-corrected chi connectivity index (χ1v) is 4.90. The first-order chi connectivity index (χ1) is 6.43. The van der Waals surface area contributed by atoms with E-state index in [0.717, 1.165) is 19.4 Å². The molecule has 78 valence electrons. The monoisotopic (exact) mass is 189 g/mol. The molecule has 0 aliphatic carbocycles. The highest BCUT2D eigenvalue weighted by molar-refractivity contribution is 4.63. The largest absolute Gasteiger partial charge is 0.378 e. The highest BCUT2D eigenvalue weighted by atomic mass is 16.5. The molecule has 0 saturated carbocycles. The van der Waals surface area contributed by atoms with E-state index >= 15 is 0 Å². The Balaban J connectivity index is 1.78. The van der Waals surface area contributed by atoms with E-state index in [-0.39, 0.29) is 0 Å². The van der Waals surface area contributed by atoms with Crippen molar-refractivity contribution < 1.29 is 14.2 Å². The van der Waals surface area contributed by atoms with Gasteiger partial charge in [0, 0.05) is 13.2 Å². The molecule has 0 aromatic heterocycles. The van der Waals surface area contributed by atoms with Crippen LogP contribution in [0.25, 0.3) is 0 Å². The molecule has 4 nitrogen and oxygen atoms in total. The van der Waals surface area contributed by atoms with Crippen LogP contribution in [0.15, 0.2) is 0 Å². The lowest BCUT2D eigenvalue weighted by Gasteiger charge is -2.09. The predicted molar refractivity (Wildman–Crippen MR) is 49.7 cm³/mol. The molecular formula is C9H19NO3. The van der Waals surface area contributed by atoms with Crippen LogP contribution in [0.1, 0.15) is 12.8 Å². The summed E-state index contributed by atoms with van der Waals surface area (Å²) >= 11 is 0. The molecule has 13 heavy (non-hydrogen) atoms. The maximum absolute atomic E-state index is 5.39. The Kier molecular flexibility index (Phi) is 6.10. The molecule has 0 bridgehead atoms. The number of hydrogen-bond donors (Lipinski definition) is 1. The highest BCUT2D eigenvalue weighted by Crippen LogP contribution is 2.11. The van der Waals surface area contributed by atoms with Crippen LogP contribution in [0.4, 0.5) is 0 Å². The Bertz CT molecular complexity index is 115. The van der Waals surface area contributed by atoms with Crippen LogP contribution in [-0.4, -0.2) is 45.7 Å². The predicted octanol–water partition coefficient (Wildman–Crippen LogP) is 0.157. The first kappa shape index (κ1) is 10.9. The third-order valence-electron chi connectivity index (χ3n) is 1.96. The average molecular weight is 189 g/mol. The van der Waals surface area contributed by atoms with Gasteiger partial charge < -0.3 is 19.9 Å². The lowest BCUT2D eigenvalue weighted by atomic mass is 10.2. The lowest BCUT2D eigenvalue weighted by molar-refractivity contribution is -0.00593. The van der Waals surface area contributed by atoms with Crippen LogP contribution in [0.2, 0.25) is 0 Å². The fourth-order valence-corrected chi connectivity index (χ4v) is 1.29. The molecule has 2 N–H and O–H groups in total. The summed E-state index contributed by atoms with van der Waals surface area (Å²) in [5.41, 5.74) is 5.26. The van der Waals surface area contributed by atoms with Crippen molar-refractivity contribution >= 4 is 0 Å². The van der Waals surface area contributed by atoms with Gasteiger partial charge in [-0.3, -0.25) is 0 Å². The molecule has 1 aliphatic rings. The van der Waals surface area contributed by atoms with Gasteiger partial charge in [-0.1, -0.05) is 0 Å². The molecule has 1 atom stereocenters. The molecule has 1 aliphatic heterocycles. The molecule has 1 rings (SSSR count). The van der Waals surface area contributed by atoms with Crippen LogP contribution < -0.4 is 5.73 Å². The third-order valence-corrected chi connectivity index (χ3v) is 1.96. The fourth-order valence-electron chi connectivity index (χ4n) is 1.29. The van der Waals surface area contributed by atoms with Crippen LogP contribution in [-0.2, 0) is 14.2 Å². The maximum Gasteiger partial charge on any atom is 0.0809 e. The fraction of sp³-hybridized carbons (Fsp3) is 1.00. The summed E-state index contributed by atoms with van der Waals surface area (Å²) in [5.74, 6) is 0. The molecule has 0 amide bonds. The van der Waals surface area contributed by atoms with Crippen molar-refractivity contribution in [3.63, 3.8) is 0 Å². The molecular weight excluding hydrogens is 170 g/mol. The minimum atomic E-state index is 0.314. The zero-order chi connectivity index (χ0) is 9.36. The van der Waals surface area contributed by atoms with Gasteiger partial charge in [0.1, 0.15) is 0 Å². The number of nitrogens with two attached hydrogens (primary N) is 1. The van der Waals surface area contributed by atoms with Crippen molar-refractivity contribution in [1.82, 2.24) is 0 Å². The van der Waals surface area contributed by atoms with E-state index in [1.165, 1.54) is 0 Å². The summed E-state index contributed by atoms with van der Waals surface area (Å²) < 4.78 is 15.9. The van der Waals surface area contributed by atoms with Crippen LogP contribution in [0.5, 0.6) is 0 Å². The zero-order valence-electron chi connectivity index (χ0n) is 8.04. The molecule has 1 saturated heterocycles. The second-order valence-electron chi connectivity index (χ2n) is 3.11. The van der Waals surface area contributed by atoms with Crippen LogP contribution >= 0.6 is 0 Å². The van der Waals surface area contributed by atoms with Crippen molar-refractivity contribution in [3.8, 4) is 0 Å². The van der Waals surface area contributed by atoms with E-state index < -0.39 is 0 Å². The SMILES string of the molecule is NCCOCCOCC1CCCO1. The third kappa shape index (κ3) is 5.21. The Hall–Kier alpha value is -0.160. The summed E-state index contributed by atoms with van der Waals surface area (Å²) in [4.78, 5) is 0. The normalized spacial score (nSPS) is 22.4. The molecule has 0 spiro atoms. The van der Waals surface area contributed by atoms with E-state index in [0.29, 0.717) is 39.1 Å². The average Bonchev–Trinajstić information content (AvgIpc) is 2.63. The summed E-state index contributed by atoms with van der Waals surface area (Å²) in [5, 5.41) is 0. The van der Waals surface area contributed by atoms with Gasteiger partial charge in [-0.25, -0.2) is 0 Å². The van der Waals surface area contributed by atoms with E-state index in [1.54, 1.807) is 0 Å². The molecule has 4 heteroatoms. The Morgan fingerprint density at radius 1 is 1.23 bits per heavy atom. The van der Waals surface area contributed by atoms with Crippen LogP contribution in [0, 0.1) is 0 Å². The maximum atomic E-state index is 5.39. The molecule has 0 aromatic rings. The van der Waals surface area contributed by atoms with Gasteiger partial charge in [-0.05, 0) is 12.8 Å². The van der Waals surface area contributed by atoms with Gasteiger partial charge in [0.15, 0.2) is 0 Å². The van der Waals surface area contributed by atoms with Crippen molar-refractivity contribution in [2.24, 2.45) is 5.73 Å². The number of hydrogen-bond acceptors (Lipinski definition) is 4. The number of rotatable bonds is 7. The van der Waals surface area contributed by atoms with E-state index in [1.807, 2.05) is 0 Å². The van der Waals surface area contributed by atoms with Gasteiger partial charge >= 0.3 is 0 Å². The van der Waals surface area contributed by atoms with Gasteiger partial charge in [0.25, 0.3) is 0 Å². The van der Waals surface area contributed by atoms with Gasteiger partial charge in [0.2, 0.25) is 0 Å². The quantitative estimate of drug-likeness (QED) is 0.579. The van der Waals surface area contributed by atoms with Crippen molar-refractivity contribution in [2.45, 2.75) is 18.9 Å². The zero-order valence-corrected chi connectivity index (χ0v) is 8.04. The summed E-state index contributed by atoms with van der Waals surface area (Å²) in [6.45, 7) is 4.04. The van der Waals surface area contributed by atoms with E-state index in [2.05, 4.69) is 0 Å². The smallest absolute Gasteiger partial charge is 0.0809 e. The molecule has 0 aromatic carbocycles. The summed E-state index contributed by atoms with van der Waals surface area (Å²) in [6.07, 6.45) is 2.61. The summed E-state index contributed by atoms with van der Waals surface area (Å²) in [6, 6.07) is 0. The summed E-state index contributed by atoms with van der Waals surface area (Å²) in [7, 11) is 0. The second-order valence-corrected chi connectivity index (χ2v) is 3.11. The molecule has 1 unspecified atom stereocenters. The minimum Gasteiger partial charge on any atom is -0.378 e. The van der Waals surface area contributed by atoms with Crippen molar-refractivity contribution in [2.75, 3.05) is 39.6 Å². The topological polar surface area (TPSA) is 53.7 Å². The van der Waals surface area contributed by atoms with E-state index in [4.69, 9.17) is 19.9 Å².